The highest BCUT2D eigenvalue weighted by molar-refractivity contribution is 5.82. The van der Waals surface area contributed by atoms with E-state index in [0.717, 1.165) is 6.07 Å². The summed E-state index contributed by atoms with van der Waals surface area (Å²) in [7, 11) is 0. The molecule has 0 heterocycles. The van der Waals surface area contributed by atoms with Crippen LogP contribution in [0.25, 0.3) is 0 Å². The maximum Gasteiger partial charge on any atom is 0.270 e. The van der Waals surface area contributed by atoms with Gasteiger partial charge in [0.25, 0.3) is 11.6 Å². The topological polar surface area (TPSA) is 98.5 Å². The lowest BCUT2D eigenvalue weighted by Crippen LogP contribution is -2.29. The maximum absolute atomic E-state index is 11.2. The molecule has 7 heteroatoms. The largest absolute Gasteiger partial charge is 0.483 e. The Bertz CT molecular complexity index is 548. The highest BCUT2D eigenvalue weighted by atomic mass is 16.6. The fraction of sp³-hybridized carbons (Fsp3) is 0.167. The summed E-state index contributed by atoms with van der Waals surface area (Å²) in [6, 6.07) is 3.51. The molecule has 0 fully saturated rings. The second-order valence-electron chi connectivity index (χ2n) is 3.37. The molecule has 1 amide bonds. The number of nitro groups is 1. The van der Waals surface area contributed by atoms with Gasteiger partial charge in [-0.3, -0.25) is 19.7 Å². The zero-order valence-corrected chi connectivity index (χ0v) is 9.79. The number of rotatable bonds is 6. The van der Waals surface area contributed by atoms with Crippen LogP contribution in [0.15, 0.2) is 18.2 Å². The smallest absolute Gasteiger partial charge is 0.270 e. The van der Waals surface area contributed by atoms with Gasteiger partial charge in [-0.25, -0.2) is 0 Å². The molecule has 0 aliphatic carbocycles. The second kappa shape index (κ2) is 6.76. The molecule has 1 aromatic rings. The molecular formula is C12H10N2O5. The molecule has 0 aliphatic heterocycles. The molecule has 19 heavy (non-hydrogen) atoms. The number of hydrogen-bond donors (Lipinski definition) is 1. The van der Waals surface area contributed by atoms with Gasteiger partial charge < -0.3 is 10.1 Å². The summed E-state index contributed by atoms with van der Waals surface area (Å²) >= 11 is 0. The van der Waals surface area contributed by atoms with E-state index in [9.17, 15) is 19.7 Å². The van der Waals surface area contributed by atoms with Gasteiger partial charge in [0.1, 0.15) is 5.75 Å². The van der Waals surface area contributed by atoms with E-state index in [-0.39, 0.29) is 30.2 Å². The first-order valence-corrected chi connectivity index (χ1v) is 5.15. The molecule has 1 aromatic carbocycles. The van der Waals surface area contributed by atoms with Crippen LogP contribution < -0.4 is 10.1 Å². The molecule has 0 saturated heterocycles. The van der Waals surface area contributed by atoms with Gasteiger partial charge in [0.05, 0.1) is 17.0 Å². The highest BCUT2D eigenvalue weighted by Crippen LogP contribution is 2.22. The summed E-state index contributed by atoms with van der Waals surface area (Å²) in [5.41, 5.74) is -0.231. The van der Waals surface area contributed by atoms with Crippen LogP contribution in [0, 0.1) is 22.5 Å². The van der Waals surface area contributed by atoms with Gasteiger partial charge in [-0.2, -0.15) is 0 Å². The van der Waals surface area contributed by atoms with Crippen molar-refractivity contribution < 1.29 is 19.2 Å². The number of nitrogens with one attached hydrogen (secondary N) is 1. The fourth-order valence-corrected chi connectivity index (χ4v) is 1.22. The lowest BCUT2D eigenvalue weighted by atomic mass is 10.2. The van der Waals surface area contributed by atoms with E-state index in [2.05, 4.69) is 11.2 Å². The van der Waals surface area contributed by atoms with Gasteiger partial charge in [-0.1, -0.05) is 5.92 Å². The van der Waals surface area contributed by atoms with Crippen LogP contribution in [0.4, 0.5) is 5.69 Å². The van der Waals surface area contributed by atoms with Crippen LogP contribution in [0.3, 0.4) is 0 Å². The minimum atomic E-state index is -0.629. The zero-order valence-electron chi connectivity index (χ0n) is 9.79. The Hall–Kier alpha value is -2.88. The van der Waals surface area contributed by atoms with E-state index < -0.39 is 10.8 Å². The van der Waals surface area contributed by atoms with Crippen molar-refractivity contribution in [3.05, 3.63) is 33.9 Å². The number of non-ortho nitro benzene ring substituents is 1. The predicted octanol–water partition coefficient (Wildman–Crippen LogP) is 0.535. The molecule has 0 atom stereocenters. The fourth-order valence-electron chi connectivity index (χ4n) is 1.22. The molecule has 1 N–H and O–H groups in total. The van der Waals surface area contributed by atoms with E-state index in [1.165, 1.54) is 12.1 Å². The van der Waals surface area contributed by atoms with Gasteiger partial charge in [0.15, 0.2) is 12.9 Å². The van der Waals surface area contributed by atoms with Crippen LogP contribution >= 0.6 is 0 Å². The molecule has 0 bridgehead atoms. The number of hydrogen-bond acceptors (Lipinski definition) is 5. The van der Waals surface area contributed by atoms with Crippen molar-refractivity contribution in [2.24, 2.45) is 0 Å². The minimum Gasteiger partial charge on any atom is -0.483 e. The third kappa shape index (κ3) is 4.12. The summed E-state index contributed by atoms with van der Waals surface area (Å²) < 4.78 is 5.09. The lowest BCUT2D eigenvalue weighted by Gasteiger charge is -2.07. The molecule has 0 unspecified atom stereocenters. The second-order valence-corrected chi connectivity index (χ2v) is 3.37. The van der Waals surface area contributed by atoms with Crippen molar-refractivity contribution in [2.75, 3.05) is 13.2 Å². The average Bonchev–Trinajstić information content (AvgIpc) is 2.42. The van der Waals surface area contributed by atoms with Crippen molar-refractivity contribution >= 4 is 17.9 Å². The Morgan fingerprint density at radius 3 is 2.89 bits per heavy atom. The van der Waals surface area contributed by atoms with Crippen LogP contribution in [0.5, 0.6) is 5.75 Å². The van der Waals surface area contributed by atoms with Gasteiger partial charge in [-0.05, 0) is 6.07 Å². The first-order valence-electron chi connectivity index (χ1n) is 5.15. The molecular weight excluding hydrogens is 252 g/mol. The Kier molecular flexibility index (Phi) is 5.04. The van der Waals surface area contributed by atoms with E-state index in [0.29, 0.717) is 6.29 Å². The molecule has 0 radical (unpaired) electrons. The Balaban J connectivity index is 2.74. The van der Waals surface area contributed by atoms with Crippen molar-refractivity contribution in [1.29, 1.82) is 0 Å². The lowest BCUT2D eigenvalue weighted by molar-refractivity contribution is -0.384. The number of ether oxygens (including phenoxy) is 1. The van der Waals surface area contributed by atoms with Crippen molar-refractivity contribution in [1.82, 2.24) is 5.32 Å². The molecule has 0 saturated carbocycles. The molecule has 1 rings (SSSR count). The molecule has 0 aliphatic rings. The number of amides is 1. The van der Waals surface area contributed by atoms with Crippen LogP contribution in [0.2, 0.25) is 0 Å². The average molecular weight is 262 g/mol. The summed E-state index contributed by atoms with van der Waals surface area (Å²) in [4.78, 5) is 31.9. The summed E-state index contributed by atoms with van der Waals surface area (Å²) in [5, 5.41) is 12.9. The standard InChI is InChI=1S/C12H10N2O5/c1-2-5-13-12(16)8-19-11-4-3-10(14(17)18)6-9(11)7-15/h1,3-4,6-7H,5,8H2,(H,13,16). The Morgan fingerprint density at radius 1 is 1.58 bits per heavy atom. The zero-order chi connectivity index (χ0) is 14.3. The summed E-state index contributed by atoms with van der Waals surface area (Å²) in [6.07, 6.45) is 5.38. The molecule has 0 spiro atoms. The normalized spacial score (nSPS) is 9.21. The first kappa shape index (κ1) is 14.2. The van der Waals surface area contributed by atoms with Crippen molar-refractivity contribution in [2.45, 2.75) is 0 Å². The predicted molar refractivity (Wildman–Crippen MR) is 65.8 cm³/mol. The molecule has 98 valence electrons. The molecule has 7 nitrogen and oxygen atoms in total. The SMILES string of the molecule is C#CCNC(=O)COc1ccc([N+](=O)[O-])cc1C=O. The Labute approximate surface area is 108 Å². The number of nitro benzene ring substituents is 1. The van der Waals surface area contributed by atoms with Crippen molar-refractivity contribution in [3.63, 3.8) is 0 Å². The van der Waals surface area contributed by atoms with Crippen molar-refractivity contribution in [3.8, 4) is 18.1 Å². The van der Waals surface area contributed by atoms with Gasteiger partial charge in [0.2, 0.25) is 0 Å². The number of nitrogens with zero attached hydrogens (tertiary/aromatic N) is 1. The summed E-state index contributed by atoms with van der Waals surface area (Å²) in [5.74, 6) is 1.86. The number of terminal acetylenes is 1. The minimum absolute atomic E-state index is 0.000972. The van der Waals surface area contributed by atoms with E-state index >= 15 is 0 Å². The van der Waals surface area contributed by atoms with Crippen LogP contribution in [-0.4, -0.2) is 30.3 Å². The van der Waals surface area contributed by atoms with Crippen LogP contribution in [-0.2, 0) is 4.79 Å². The van der Waals surface area contributed by atoms with Crippen LogP contribution in [0.1, 0.15) is 10.4 Å². The van der Waals surface area contributed by atoms with E-state index in [1.54, 1.807) is 0 Å². The first-order chi connectivity index (χ1) is 9.08. The number of aldehydes is 1. The third-order valence-corrected chi connectivity index (χ3v) is 2.08. The highest BCUT2D eigenvalue weighted by Gasteiger charge is 2.12. The van der Waals surface area contributed by atoms with E-state index in [4.69, 9.17) is 11.2 Å². The number of carbonyl (C=O) groups excluding carboxylic acids is 2. The number of carbonyl (C=O) groups is 2. The number of benzene rings is 1. The monoisotopic (exact) mass is 262 g/mol. The van der Waals surface area contributed by atoms with Gasteiger partial charge in [-0.15, -0.1) is 6.42 Å². The van der Waals surface area contributed by atoms with E-state index in [1.807, 2.05) is 0 Å². The van der Waals surface area contributed by atoms with Gasteiger partial charge in [0, 0.05) is 12.1 Å². The quantitative estimate of drug-likeness (QED) is 0.349. The molecule has 0 aromatic heterocycles. The third-order valence-electron chi connectivity index (χ3n) is 2.08. The Morgan fingerprint density at radius 2 is 2.32 bits per heavy atom. The van der Waals surface area contributed by atoms with Gasteiger partial charge >= 0.3 is 0 Å². The maximum atomic E-state index is 11.2. The summed E-state index contributed by atoms with van der Waals surface area (Å²) in [6.45, 7) is -0.261.